The van der Waals surface area contributed by atoms with E-state index in [2.05, 4.69) is 10.1 Å². The van der Waals surface area contributed by atoms with Crippen molar-refractivity contribution >= 4 is 28.2 Å². The van der Waals surface area contributed by atoms with Gasteiger partial charge in [-0.25, -0.2) is 8.42 Å². The summed E-state index contributed by atoms with van der Waals surface area (Å²) in [5.41, 5.74) is 2.00. The van der Waals surface area contributed by atoms with Gasteiger partial charge >= 0.3 is 0 Å². The summed E-state index contributed by atoms with van der Waals surface area (Å²) in [5, 5.41) is 3.97. The molecule has 28 heavy (non-hydrogen) atoms. The van der Waals surface area contributed by atoms with E-state index in [4.69, 9.17) is 4.52 Å². The van der Waals surface area contributed by atoms with E-state index in [0.29, 0.717) is 13.1 Å². The van der Waals surface area contributed by atoms with E-state index in [0.717, 1.165) is 36.7 Å². The number of benzene rings is 1. The number of aromatic nitrogens is 1. The normalized spacial score (nSPS) is 15.3. The molecule has 1 fully saturated rings. The van der Waals surface area contributed by atoms with Crippen LogP contribution in [0.25, 0.3) is 0 Å². The van der Waals surface area contributed by atoms with Crippen molar-refractivity contribution in [2.24, 2.45) is 0 Å². The van der Waals surface area contributed by atoms with Gasteiger partial charge in [0.05, 0.1) is 16.3 Å². The van der Waals surface area contributed by atoms with E-state index in [1.807, 2.05) is 13.8 Å². The first-order valence-corrected chi connectivity index (χ1v) is 10.7. The maximum absolute atomic E-state index is 12.4. The van der Waals surface area contributed by atoms with Crippen LogP contribution in [0.2, 0.25) is 0 Å². The third-order valence-corrected chi connectivity index (χ3v) is 6.71. The quantitative estimate of drug-likeness (QED) is 0.702. The Morgan fingerprint density at radius 2 is 1.75 bits per heavy atom. The Labute approximate surface area is 172 Å². The number of rotatable bonds is 6. The van der Waals surface area contributed by atoms with Gasteiger partial charge in [0.2, 0.25) is 5.91 Å². The first kappa shape index (κ1) is 22.4. The van der Waals surface area contributed by atoms with Gasteiger partial charge in [-0.15, -0.1) is 12.4 Å². The van der Waals surface area contributed by atoms with Crippen LogP contribution in [0.5, 0.6) is 0 Å². The van der Waals surface area contributed by atoms with Crippen molar-refractivity contribution in [3.63, 3.8) is 0 Å². The standard InChI is InChI=1S/C19H25N3O4S.ClH/c1-15-18(16(2)26-20-15)14-21-9-11-22(12-10-21)19(23)8-13-27(24,25)17-6-4-3-5-7-17;/h3-7H,8-14H2,1-2H3;1H. The molecular weight excluding hydrogens is 402 g/mol. The fourth-order valence-corrected chi connectivity index (χ4v) is 4.48. The summed E-state index contributed by atoms with van der Waals surface area (Å²) in [6, 6.07) is 8.27. The minimum Gasteiger partial charge on any atom is -0.361 e. The predicted octanol–water partition coefficient (Wildman–Crippen LogP) is 2.22. The van der Waals surface area contributed by atoms with Crippen LogP contribution in [-0.2, 0) is 21.2 Å². The summed E-state index contributed by atoms with van der Waals surface area (Å²) in [6.45, 7) is 7.30. The van der Waals surface area contributed by atoms with Gasteiger partial charge in [0.1, 0.15) is 5.76 Å². The van der Waals surface area contributed by atoms with Crippen LogP contribution in [0.3, 0.4) is 0 Å². The van der Waals surface area contributed by atoms with E-state index < -0.39 is 9.84 Å². The fraction of sp³-hybridized carbons (Fsp3) is 0.474. The van der Waals surface area contributed by atoms with Gasteiger partial charge in [0, 0.05) is 44.7 Å². The third-order valence-electron chi connectivity index (χ3n) is 4.97. The summed E-state index contributed by atoms with van der Waals surface area (Å²) in [5.74, 6) is 0.568. The van der Waals surface area contributed by atoms with E-state index >= 15 is 0 Å². The highest BCUT2D eigenvalue weighted by Gasteiger charge is 2.24. The molecule has 7 nitrogen and oxygen atoms in total. The molecule has 2 heterocycles. The number of amides is 1. The lowest BCUT2D eigenvalue weighted by Gasteiger charge is -2.34. The van der Waals surface area contributed by atoms with Gasteiger partial charge in [-0.1, -0.05) is 23.4 Å². The largest absolute Gasteiger partial charge is 0.361 e. The van der Waals surface area contributed by atoms with Gasteiger partial charge < -0.3 is 9.42 Å². The van der Waals surface area contributed by atoms with Crippen LogP contribution in [0.15, 0.2) is 39.8 Å². The van der Waals surface area contributed by atoms with Crippen molar-refractivity contribution in [1.29, 1.82) is 0 Å². The molecule has 1 aliphatic heterocycles. The number of hydrogen-bond donors (Lipinski definition) is 0. The Bertz CT molecular complexity index is 872. The van der Waals surface area contributed by atoms with Crippen molar-refractivity contribution < 1.29 is 17.7 Å². The molecule has 2 aromatic rings. The molecule has 154 valence electrons. The molecule has 0 radical (unpaired) electrons. The fourth-order valence-electron chi connectivity index (χ4n) is 3.23. The number of nitrogens with zero attached hydrogens (tertiary/aromatic N) is 3. The van der Waals surface area contributed by atoms with Gasteiger partial charge in [-0.2, -0.15) is 0 Å². The number of carbonyl (C=O) groups excluding carboxylic acids is 1. The van der Waals surface area contributed by atoms with Crippen molar-refractivity contribution in [2.45, 2.75) is 31.7 Å². The number of carbonyl (C=O) groups is 1. The van der Waals surface area contributed by atoms with E-state index in [1.54, 1.807) is 35.2 Å². The molecule has 1 saturated heterocycles. The lowest BCUT2D eigenvalue weighted by molar-refractivity contribution is -0.132. The summed E-state index contributed by atoms with van der Waals surface area (Å²) in [7, 11) is -3.42. The van der Waals surface area contributed by atoms with Gasteiger partial charge in [-0.3, -0.25) is 9.69 Å². The summed E-state index contributed by atoms with van der Waals surface area (Å²) < 4.78 is 29.8. The van der Waals surface area contributed by atoms with Crippen molar-refractivity contribution in [2.75, 3.05) is 31.9 Å². The average Bonchev–Trinajstić information content (AvgIpc) is 2.99. The zero-order valence-corrected chi connectivity index (χ0v) is 17.8. The molecular formula is C19H26ClN3O4S. The predicted molar refractivity (Wildman–Crippen MR) is 108 cm³/mol. The van der Waals surface area contributed by atoms with Crippen LogP contribution in [0.1, 0.15) is 23.4 Å². The maximum Gasteiger partial charge on any atom is 0.223 e. The van der Waals surface area contributed by atoms with Gasteiger partial charge in [0.25, 0.3) is 0 Å². The third kappa shape index (κ3) is 5.33. The molecule has 0 atom stereocenters. The second-order valence-electron chi connectivity index (χ2n) is 6.84. The Morgan fingerprint density at radius 1 is 1.11 bits per heavy atom. The molecule has 1 aliphatic rings. The van der Waals surface area contributed by atoms with E-state index in [1.165, 1.54) is 0 Å². The van der Waals surface area contributed by atoms with Crippen LogP contribution in [0, 0.1) is 13.8 Å². The molecule has 0 N–H and O–H groups in total. The van der Waals surface area contributed by atoms with Crippen molar-refractivity contribution in [3.05, 3.63) is 47.3 Å². The van der Waals surface area contributed by atoms with Crippen LogP contribution >= 0.6 is 12.4 Å². The molecule has 0 aliphatic carbocycles. The second kappa shape index (κ2) is 9.54. The molecule has 1 aromatic heterocycles. The number of halogens is 1. The minimum atomic E-state index is -3.42. The minimum absolute atomic E-state index is 0. The monoisotopic (exact) mass is 427 g/mol. The molecule has 0 spiro atoms. The van der Waals surface area contributed by atoms with Crippen LogP contribution in [-0.4, -0.2) is 61.2 Å². The summed E-state index contributed by atoms with van der Waals surface area (Å²) in [6.07, 6.45) is 0.0150. The van der Waals surface area contributed by atoms with Crippen LogP contribution < -0.4 is 0 Å². The Balaban J connectivity index is 0.00000280. The number of aryl methyl sites for hydroxylation is 2. The topological polar surface area (TPSA) is 83.7 Å². The number of piperazine rings is 1. The summed E-state index contributed by atoms with van der Waals surface area (Å²) >= 11 is 0. The molecule has 0 unspecified atom stereocenters. The second-order valence-corrected chi connectivity index (χ2v) is 8.95. The van der Waals surface area contributed by atoms with E-state index in [-0.39, 0.29) is 35.4 Å². The molecule has 0 saturated carbocycles. The van der Waals surface area contributed by atoms with Gasteiger partial charge in [-0.05, 0) is 26.0 Å². The lowest BCUT2D eigenvalue weighted by Crippen LogP contribution is -2.48. The molecule has 1 amide bonds. The highest BCUT2D eigenvalue weighted by Crippen LogP contribution is 2.17. The lowest BCUT2D eigenvalue weighted by atomic mass is 10.1. The van der Waals surface area contributed by atoms with Crippen LogP contribution in [0.4, 0.5) is 0 Å². The molecule has 0 bridgehead atoms. The molecule has 3 rings (SSSR count). The first-order chi connectivity index (χ1) is 12.9. The SMILES string of the molecule is Cc1noc(C)c1CN1CCN(C(=O)CCS(=O)(=O)c2ccccc2)CC1.Cl. The summed E-state index contributed by atoms with van der Waals surface area (Å²) in [4.78, 5) is 16.7. The van der Waals surface area contributed by atoms with Crippen molar-refractivity contribution in [1.82, 2.24) is 15.0 Å². The van der Waals surface area contributed by atoms with Gasteiger partial charge in [0.15, 0.2) is 9.84 Å². The smallest absolute Gasteiger partial charge is 0.223 e. The first-order valence-electron chi connectivity index (χ1n) is 9.06. The number of sulfone groups is 1. The van der Waals surface area contributed by atoms with Crippen molar-refractivity contribution in [3.8, 4) is 0 Å². The average molecular weight is 428 g/mol. The number of hydrogen-bond acceptors (Lipinski definition) is 6. The highest BCUT2D eigenvalue weighted by molar-refractivity contribution is 7.91. The highest BCUT2D eigenvalue weighted by atomic mass is 35.5. The Hall–Kier alpha value is -1.90. The Morgan fingerprint density at radius 3 is 2.32 bits per heavy atom. The Kier molecular flexibility index (Phi) is 7.63. The maximum atomic E-state index is 12.4. The zero-order valence-electron chi connectivity index (χ0n) is 16.1. The van der Waals surface area contributed by atoms with E-state index in [9.17, 15) is 13.2 Å². The molecule has 1 aromatic carbocycles. The zero-order chi connectivity index (χ0) is 19.4. The molecule has 9 heteroatoms.